The number of benzene rings is 1. The van der Waals surface area contributed by atoms with Crippen LogP contribution < -0.4 is 16.6 Å². The molecule has 2 aromatic heterocycles. The van der Waals surface area contributed by atoms with Crippen molar-refractivity contribution in [3.63, 3.8) is 0 Å². The van der Waals surface area contributed by atoms with E-state index in [9.17, 15) is 9.59 Å². The van der Waals surface area contributed by atoms with Crippen LogP contribution in [0.1, 0.15) is 17.7 Å². The standard InChI is InChI=1S/C21H23N5O2/c1-14-15(9-11-19(22)25-14)8-10-17(27)13-26-18(16-6-4-3-5-7-16)12-24-20(23-2)21(26)28/h3-7,9,11-12H,8,10,13H2,1-2H3,(H2,22,25)(H,23,24). The molecule has 2 heterocycles. The lowest BCUT2D eigenvalue weighted by atomic mass is 10.1. The van der Waals surface area contributed by atoms with Gasteiger partial charge in [0.1, 0.15) is 5.82 Å². The number of pyridine rings is 1. The number of nitrogens with two attached hydrogens (primary N) is 1. The Morgan fingerprint density at radius 2 is 1.93 bits per heavy atom. The highest BCUT2D eigenvalue weighted by molar-refractivity contribution is 5.79. The third kappa shape index (κ3) is 4.25. The number of anilines is 2. The first-order valence-corrected chi connectivity index (χ1v) is 9.06. The zero-order valence-corrected chi connectivity index (χ0v) is 16.0. The van der Waals surface area contributed by atoms with Crippen LogP contribution in [0.3, 0.4) is 0 Å². The summed E-state index contributed by atoms with van der Waals surface area (Å²) in [4.78, 5) is 33.8. The highest BCUT2D eigenvalue weighted by Gasteiger charge is 2.15. The molecular formula is C21H23N5O2. The summed E-state index contributed by atoms with van der Waals surface area (Å²) in [6.45, 7) is 1.86. The van der Waals surface area contributed by atoms with E-state index in [2.05, 4.69) is 15.3 Å². The number of carbonyl (C=O) groups is 1. The molecule has 0 aliphatic rings. The summed E-state index contributed by atoms with van der Waals surface area (Å²) < 4.78 is 1.48. The molecule has 0 unspecified atom stereocenters. The van der Waals surface area contributed by atoms with Crippen LogP contribution in [0.5, 0.6) is 0 Å². The minimum absolute atomic E-state index is 0.0122. The van der Waals surface area contributed by atoms with Crippen LogP contribution in [0.4, 0.5) is 11.6 Å². The van der Waals surface area contributed by atoms with Gasteiger partial charge in [-0.2, -0.15) is 0 Å². The number of Topliss-reactive ketones (excluding diaryl/α,β-unsaturated/α-hetero) is 1. The van der Waals surface area contributed by atoms with Crippen molar-refractivity contribution in [3.05, 3.63) is 70.3 Å². The van der Waals surface area contributed by atoms with Crippen molar-refractivity contribution in [3.8, 4) is 11.3 Å². The number of aromatic nitrogens is 3. The van der Waals surface area contributed by atoms with E-state index in [0.717, 1.165) is 16.8 Å². The number of carbonyl (C=O) groups excluding carboxylic acids is 1. The molecule has 0 radical (unpaired) electrons. The monoisotopic (exact) mass is 377 g/mol. The Morgan fingerprint density at radius 1 is 1.18 bits per heavy atom. The molecule has 0 saturated heterocycles. The Morgan fingerprint density at radius 3 is 2.61 bits per heavy atom. The molecule has 3 aromatic rings. The van der Waals surface area contributed by atoms with Crippen LogP contribution >= 0.6 is 0 Å². The average molecular weight is 377 g/mol. The molecule has 0 amide bonds. The predicted octanol–water partition coefficient (Wildman–Crippen LogP) is 2.44. The summed E-state index contributed by atoms with van der Waals surface area (Å²) >= 11 is 0. The second kappa shape index (κ2) is 8.47. The molecule has 0 atom stereocenters. The largest absolute Gasteiger partial charge is 0.384 e. The maximum Gasteiger partial charge on any atom is 0.294 e. The van der Waals surface area contributed by atoms with Crippen LogP contribution in [-0.2, 0) is 17.8 Å². The first kappa shape index (κ1) is 19.3. The Labute approximate surface area is 163 Å². The maximum atomic E-state index is 12.8. The molecule has 7 heteroatoms. The van der Waals surface area contributed by atoms with Gasteiger partial charge in [0.05, 0.1) is 18.4 Å². The van der Waals surface area contributed by atoms with E-state index in [0.29, 0.717) is 24.4 Å². The minimum Gasteiger partial charge on any atom is -0.384 e. The van der Waals surface area contributed by atoms with Crippen molar-refractivity contribution in [1.82, 2.24) is 14.5 Å². The SMILES string of the molecule is CNc1ncc(-c2ccccc2)n(CC(=O)CCc2ccc(N)nc2C)c1=O. The predicted molar refractivity (Wildman–Crippen MR) is 110 cm³/mol. The Balaban J connectivity index is 1.84. The molecule has 0 aliphatic carbocycles. The number of nitrogens with zero attached hydrogens (tertiary/aromatic N) is 3. The number of hydrogen-bond acceptors (Lipinski definition) is 6. The van der Waals surface area contributed by atoms with Gasteiger partial charge in [-0.15, -0.1) is 0 Å². The van der Waals surface area contributed by atoms with Gasteiger partial charge in [0.15, 0.2) is 11.6 Å². The fourth-order valence-electron chi connectivity index (χ4n) is 3.06. The fourth-order valence-corrected chi connectivity index (χ4v) is 3.06. The first-order chi connectivity index (χ1) is 13.5. The molecule has 0 fully saturated rings. The number of hydrogen-bond donors (Lipinski definition) is 2. The van der Waals surface area contributed by atoms with Crippen LogP contribution in [0.2, 0.25) is 0 Å². The molecule has 7 nitrogen and oxygen atoms in total. The molecule has 0 saturated carbocycles. The topological polar surface area (TPSA) is 103 Å². The first-order valence-electron chi connectivity index (χ1n) is 9.06. The van der Waals surface area contributed by atoms with Crippen LogP contribution in [-0.4, -0.2) is 27.4 Å². The van der Waals surface area contributed by atoms with E-state index in [1.165, 1.54) is 4.57 Å². The Bertz CT molecular complexity index is 1040. The number of nitrogens with one attached hydrogen (secondary N) is 1. The van der Waals surface area contributed by atoms with E-state index < -0.39 is 0 Å². The number of ketones is 1. The van der Waals surface area contributed by atoms with Crippen molar-refractivity contribution in [2.24, 2.45) is 0 Å². The van der Waals surface area contributed by atoms with Crippen LogP contribution in [0.25, 0.3) is 11.3 Å². The Kier molecular flexibility index (Phi) is 5.84. The molecular weight excluding hydrogens is 354 g/mol. The van der Waals surface area contributed by atoms with Crippen molar-refractivity contribution in [2.75, 3.05) is 18.1 Å². The molecule has 1 aromatic carbocycles. The van der Waals surface area contributed by atoms with E-state index in [1.807, 2.05) is 43.3 Å². The van der Waals surface area contributed by atoms with E-state index in [1.54, 1.807) is 19.3 Å². The Hall–Kier alpha value is -3.48. The normalized spacial score (nSPS) is 10.6. The van der Waals surface area contributed by atoms with E-state index in [4.69, 9.17) is 5.73 Å². The molecule has 28 heavy (non-hydrogen) atoms. The van der Waals surface area contributed by atoms with Gasteiger partial charge in [-0.1, -0.05) is 36.4 Å². The van der Waals surface area contributed by atoms with Crippen LogP contribution in [0, 0.1) is 6.92 Å². The van der Waals surface area contributed by atoms with Gasteiger partial charge >= 0.3 is 0 Å². The smallest absolute Gasteiger partial charge is 0.294 e. The molecule has 144 valence electrons. The van der Waals surface area contributed by atoms with Gasteiger partial charge < -0.3 is 11.1 Å². The molecule has 0 aliphatic heterocycles. The molecule has 3 N–H and O–H groups in total. The lowest BCUT2D eigenvalue weighted by molar-refractivity contribution is -0.119. The summed E-state index contributed by atoms with van der Waals surface area (Å²) in [6.07, 6.45) is 2.48. The summed E-state index contributed by atoms with van der Waals surface area (Å²) in [5.41, 5.74) is 8.60. The van der Waals surface area contributed by atoms with Crippen LogP contribution in [0.15, 0.2) is 53.5 Å². The summed E-state index contributed by atoms with van der Waals surface area (Å²) in [7, 11) is 1.63. The third-order valence-electron chi connectivity index (χ3n) is 4.59. The van der Waals surface area contributed by atoms with Gasteiger partial charge in [0, 0.05) is 19.2 Å². The highest BCUT2D eigenvalue weighted by Crippen LogP contribution is 2.18. The zero-order chi connectivity index (χ0) is 20.1. The highest BCUT2D eigenvalue weighted by atomic mass is 16.1. The van der Waals surface area contributed by atoms with Crippen molar-refractivity contribution >= 4 is 17.4 Å². The minimum atomic E-state index is -0.317. The van der Waals surface area contributed by atoms with Gasteiger partial charge in [-0.3, -0.25) is 14.2 Å². The molecule has 0 bridgehead atoms. The van der Waals surface area contributed by atoms with Crippen molar-refractivity contribution in [2.45, 2.75) is 26.3 Å². The number of rotatable bonds is 7. The third-order valence-corrected chi connectivity index (χ3v) is 4.59. The number of nitrogen functional groups attached to an aromatic ring is 1. The summed E-state index contributed by atoms with van der Waals surface area (Å²) in [5, 5.41) is 2.78. The van der Waals surface area contributed by atoms with Crippen molar-refractivity contribution < 1.29 is 4.79 Å². The second-order valence-corrected chi connectivity index (χ2v) is 6.52. The van der Waals surface area contributed by atoms with Gasteiger partial charge in [-0.25, -0.2) is 9.97 Å². The fraction of sp³-hybridized carbons (Fsp3) is 0.238. The maximum absolute atomic E-state index is 12.8. The summed E-state index contributed by atoms with van der Waals surface area (Å²) in [5.74, 6) is 0.637. The van der Waals surface area contributed by atoms with Gasteiger partial charge in [0.2, 0.25) is 0 Å². The van der Waals surface area contributed by atoms with Crippen molar-refractivity contribution in [1.29, 1.82) is 0 Å². The summed E-state index contributed by atoms with van der Waals surface area (Å²) in [6, 6.07) is 13.1. The zero-order valence-electron chi connectivity index (χ0n) is 16.0. The quantitative estimate of drug-likeness (QED) is 0.656. The van der Waals surface area contributed by atoms with Gasteiger partial charge in [0.25, 0.3) is 5.56 Å². The van der Waals surface area contributed by atoms with E-state index >= 15 is 0 Å². The number of aryl methyl sites for hydroxylation is 2. The lowest BCUT2D eigenvalue weighted by Crippen LogP contribution is -2.28. The second-order valence-electron chi connectivity index (χ2n) is 6.52. The van der Waals surface area contributed by atoms with E-state index in [-0.39, 0.29) is 23.7 Å². The van der Waals surface area contributed by atoms with Gasteiger partial charge in [-0.05, 0) is 30.5 Å². The lowest BCUT2D eigenvalue weighted by Gasteiger charge is -2.14. The molecule has 0 spiro atoms. The average Bonchev–Trinajstić information content (AvgIpc) is 2.69. The molecule has 3 rings (SSSR count).